The molecule has 4 aliphatic rings. The van der Waals surface area contributed by atoms with Crippen molar-refractivity contribution < 1.29 is 14.3 Å². The Morgan fingerprint density at radius 1 is 0.917 bits per heavy atom. The SMILES string of the molecule is COc1cc(NC(=O)NC2C3CC4CC(C3)CC2C4)cc(OC)c1. The highest BCUT2D eigenvalue weighted by Gasteiger charge is 2.48. The summed E-state index contributed by atoms with van der Waals surface area (Å²) >= 11 is 0. The van der Waals surface area contributed by atoms with Gasteiger partial charge in [0, 0.05) is 29.9 Å². The normalized spacial score (nSPS) is 33.2. The molecule has 4 aliphatic carbocycles. The molecule has 4 saturated carbocycles. The van der Waals surface area contributed by atoms with Crippen LogP contribution < -0.4 is 20.1 Å². The van der Waals surface area contributed by atoms with Gasteiger partial charge in [0.15, 0.2) is 0 Å². The summed E-state index contributed by atoms with van der Waals surface area (Å²) in [6.07, 6.45) is 6.61. The third-order valence-electron chi connectivity index (χ3n) is 6.13. The number of carbonyl (C=O) groups excluding carboxylic acids is 1. The molecule has 4 bridgehead atoms. The van der Waals surface area contributed by atoms with E-state index in [-0.39, 0.29) is 6.03 Å². The van der Waals surface area contributed by atoms with Gasteiger partial charge in [-0.15, -0.1) is 0 Å². The first-order valence-corrected chi connectivity index (χ1v) is 8.95. The number of rotatable bonds is 4. The first-order chi connectivity index (χ1) is 11.6. The summed E-state index contributed by atoms with van der Waals surface area (Å²) in [5, 5.41) is 6.19. The average Bonchev–Trinajstić information content (AvgIpc) is 2.57. The van der Waals surface area contributed by atoms with Gasteiger partial charge in [0.1, 0.15) is 11.5 Å². The van der Waals surface area contributed by atoms with E-state index in [0.29, 0.717) is 35.1 Å². The predicted molar refractivity (Wildman–Crippen MR) is 92.5 cm³/mol. The zero-order valence-corrected chi connectivity index (χ0v) is 14.4. The molecule has 0 saturated heterocycles. The summed E-state index contributed by atoms with van der Waals surface area (Å²) in [7, 11) is 3.21. The third kappa shape index (κ3) is 2.92. The molecule has 24 heavy (non-hydrogen) atoms. The molecule has 4 fully saturated rings. The molecule has 0 spiro atoms. The number of ether oxygens (including phenoxy) is 2. The van der Waals surface area contributed by atoms with Crippen molar-refractivity contribution in [3.8, 4) is 11.5 Å². The van der Waals surface area contributed by atoms with Crippen molar-refractivity contribution in [1.29, 1.82) is 0 Å². The van der Waals surface area contributed by atoms with Gasteiger partial charge in [0.05, 0.1) is 14.2 Å². The summed E-state index contributed by atoms with van der Waals surface area (Å²) in [5.74, 6) is 4.50. The van der Waals surface area contributed by atoms with Crippen LogP contribution in [0.3, 0.4) is 0 Å². The molecular formula is C19H26N2O3. The van der Waals surface area contributed by atoms with Crippen LogP contribution in [0, 0.1) is 23.7 Å². The maximum absolute atomic E-state index is 12.5. The van der Waals surface area contributed by atoms with Gasteiger partial charge < -0.3 is 20.1 Å². The minimum atomic E-state index is -0.122. The largest absolute Gasteiger partial charge is 0.497 e. The number of amides is 2. The van der Waals surface area contributed by atoms with Crippen LogP contribution in [0.15, 0.2) is 18.2 Å². The summed E-state index contributed by atoms with van der Waals surface area (Å²) in [5.41, 5.74) is 0.688. The first kappa shape index (κ1) is 15.6. The van der Waals surface area contributed by atoms with Gasteiger partial charge in [0.2, 0.25) is 0 Å². The number of methoxy groups -OCH3 is 2. The summed E-state index contributed by atoms with van der Waals surface area (Å²) in [6, 6.07) is 5.62. The highest BCUT2D eigenvalue weighted by atomic mass is 16.5. The second kappa shape index (κ2) is 6.19. The Labute approximate surface area is 143 Å². The molecule has 0 unspecified atom stereocenters. The van der Waals surface area contributed by atoms with E-state index in [9.17, 15) is 4.79 Å². The molecule has 0 radical (unpaired) electrons. The van der Waals surface area contributed by atoms with E-state index >= 15 is 0 Å². The molecule has 1 aromatic carbocycles. The fourth-order valence-corrected chi connectivity index (χ4v) is 5.36. The summed E-state index contributed by atoms with van der Waals surface area (Å²) < 4.78 is 10.5. The number of anilines is 1. The number of nitrogens with one attached hydrogen (secondary N) is 2. The molecule has 0 atom stereocenters. The van der Waals surface area contributed by atoms with Crippen molar-refractivity contribution in [2.75, 3.05) is 19.5 Å². The molecule has 5 heteroatoms. The lowest BCUT2D eigenvalue weighted by Gasteiger charge is -2.54. The zero-order valence-electron chi connectivity index (χ0n) is 14.4. The van der Waals surface area contributed by atoms with Crippen LogP contribution in [0.1, 0.15) is 32.1 Å². The number of hydrogen-bond donors (Lipinski definition) is 2. The van der Waals surface area contributed by atoms with E-state index in [1.807, 2.05) is 0 Å². The Balaban J connectivity index is 1.42. The number of hydrogen-bond acceptors (Lipinski definition) is 3. The maximum atomic E-state index is 12.5. The number of urea groups is 1. The standard InChI is InChI=1S/C19H26N2O3/c1-23-16-8-15(9-17(10-16)24-2)20-19(22)21-18-13-4-11-3-12(6-13)7-14(18)5-11/h8-14,18H,3-7H2,1-2H3,(H2,20,21,22). The van der Waals surface area contributed by atoms with E-state index in [2.05, 4.69) is 10.6 Å². The molecule has 5 nitrogen and oxygen atoms in total. The fraction of sp³-hybridized carbons (Fsp3) is 0.632. The predicted octanol–water partition coefficient (Wildman–Crippen LogP) is 3.65. The molecule has 2 amide bonds. The van der Waals surface area contributed by atoms with Crippen LogP contribution in [0.5, 0.6) is 11.5 Å². The van der Waals surface area contributed by atoms with Crippen LogP contribution >= 0.6 is 0 Å². The quantitative estimate of drug-likeness (QED) is 0.886. The van der Waals surface area contributed by atoms with Gasteiger partial charge in [-0.25, -0.2) is 4.79 Å². The van der Waals surface area contributed by atoms with Gasteiger partial charge >= 0.3 is 6.03 Å². The number of carbonyl (C=O) groups is 1. The molecule has 0 heterocycles. The monoisotopic (exact) mass is 330 g/mol. The Bertz CT molecular complexity index is 581. The van der Waals surface area contributed by atoms with Gasteiger partial charge in [-0.05, 0) is 55.8 Å². The summed E-state index contributed by atoms with van der Waals surface area (Å²) in [4.78, 5) is 12.5. The highest BCUT2D eigenvalue weighted by Crippen LogP contribution is 2.53. The molecule has 5 rings (SSSR count). The van der Waals surface area contributed by atoms with Gasteiger partial charge in [-0.3, -0.25) is 0 Å². The van der Waals surface area contributed by atoms with Crippen LogP contribution in [0.25, 0.3) is 0 Å². The Morgan fingerprint density at radius 3 is 1.96 bits per heavy atom. The minimum Gasteiger partial charge on any atom is -0.497 e. The van der Waals surface area contributed by atoms with E-state index < -0.39 is 0 Å². The van der Waals surface area contributed by atoms with Crippen LogP contribution in [0.2, 0.25) is 0 Å². The van der Waals surface area contributed by atoms with Crippen molar-refractivity contribution in [3.63, 3.8) is 0 Å². The zero-order chi connectivity index (χ0) is 16.7. The van der Waals surface area contributed by atoms with Crippen LogP contribution in [-0.4, -0.2) is 26.3 Å². The van der Waals surface area contributed by atoms with Gasteiger partial charge in [-0.1, -0.05) is 0 Å². The Kier molecular flexibility index (Phi) is 4.02. The fourth-order valence-electron chi connectivity index (χ4n) is 5.36. The molecule has 130 valence electrons. The van der Waals surface area contributed by atoms with E-state index in [1.165, 1.54) is 32.1 Å². The van der Waals surface area contributed by atoms with Crippen molar-refractivity contribution in [2.45, 2.75) is 38.1 Å². The maximum Gasteiger partial charge on any atom is 0.319 e. The lowest BCUT2D eigenvalue weighted by atomic mass is 9.54. The second-order valence-corrected chi connectivity index (χ2v) is 7.66. The molecule has 2 N–H and O–H groups in total. The molecular weight excluding hydrogens is 304 g/mol. The van der Waals surface area contributed by atoms with Gasteiger partial charge in [-0.2, -0.15) is 0 Å². The van der Waals surface area contributed by atoms with Crippen LogP contribution in [0.4, 0.5) is 10.5 Å². The lowest BCUT2D eigenvalue weighted by Crippen LogP contribution is -2.56. The van der Waals surface area contributed by atoms with E-state index in [1.54, 1.807) is 32.4 Å². The molecule has 0 aromatic heterocycles. The second-order valence-electron chi connectivity index (χ2n) is 7.66. The average molecular weight is 330 g/mol. The van der Waals surface area contributed by atoms with E-state index in [4.69, 9.17) is 9.47 Å². The minimum absolute atomic E-state index is 0.122. The van der Waals surface area contributed by atoms with Gasteiger partial charge in [0.25, 0.3) is 0 Å². The highest BCUT2D eigenvalue weighted by molar-refractivity contribution is 5.90. The summed E-state index contributed by atoms with van der Waals surface area (Å²) in [6.45, 7) is 0. The van der Waals surface area contributed by atoms with Crippen LogP contribution in [-0.2, 0) is 0 Å². The van der Waals surface area contributed by atoms with Crippen molar-refractivity contribution in [2.24, 2.45) is 23.7 Å². The third-order valence-corrected chi connectivity index (χ3v) is 6.13. The van der Waals surface area contributed by atoms with Crippen molar-refractivity contribution in [3.05, 3.63) is 18.2 Å². The van der Waals surface area contributed by atoms with E-state index in [0.717, 1.165) is 11.8 Å². The Morgan fingerprint density at radius 2 is 1.46 bits per heavy atom. The molecule has 0 aliphatic heterocycles. The topological polar surface area (TPSA) is 59.6 Å². The number of benzene rings is 1. The Hall–Kier alpha value is -1.91. The smallest absolute Gasteiger partial charge is 0.319 e. The van der Waals surface area contributed by atoms with Crippen molar-refractivity contribution in [1.82, 2.24) is 5.32 Å². The lowest BCUT2D eigenvalue weighted by molar-refractivity contribution is -0.00883. The first-order valence-electron chi connectivity index (χ1n) is 8.95. The molecule has 1 aromatic rings. The van der Waals surface area contributed by atoms with Crippen molar-refractivity contribution >= 4 is 11.7 Å².